The van der Waals surface area contributed by atoms with E-state index in [1.165, 1.54) is 43.5 Å². The van der Waals surface area contributed by atoms with E-state index in [1.807, 2.05) is 0 Å². The van der Waals surface area contributed by atoms with Crippen molar-refractivity contribution in [3.05, 3.63) is 65.2 Å². The Morgan fingerprint density at radius 1 is 1.03 bits per heavy atom. The number of ether oxygens (including phenoxy) is 2. The highest BCUT2D eigenvalue weighted by atomic mass is 19.4. The fourth-order valence-electron chi connectivity index (χ4n) is 3.23. The molecule has 3 rings (SSSR count). The van der Waals surface area contributed by atoms with Gasteiger partial charge in [-0.15, -0.1) is 0 Å². The highest BCUT2D eigenvalue weighted by Gasteiger charge is 2.70. The van der Waals surface area contributed by atoms with E-state index in [9.17, 15) is 27.9 Å². The number of hydrogen-bond donors (Lipinski definition) is 1. The molecule has 0 bridgehead atoms. The van der Waals surface area contributed by atoms with Crippen LogP contribution < -0.4 is 9.64 Å². The van der Waals surface area contributed by atoms with E-state index >= 15 is 0 Å². The predicted molar refractivity (Wildman–Crippen MR) is 102 cm³/mol. The number of alkyl halides is 3. The van der Waals surface area contributed by atoms with Crippen molar-refractivity contribution in [2.24, 2.45) is 0 Å². The molecule has 30 heavy (non-hydrogen) atoms. The number of nitrogens with zero attached hydrogens (tertiary/aromatic N) is 1. The quantitative estimate of drug-likeness (QED) is 0.768. The van der Waals surface area contributed by atoms with Crippen molar-refractivity contribution in [3.63, 3.8) is 0 Å². The van der Waals surface area contributed by atoms with Crippen LogP contribution in [0.2, 0.25) is 0 Å². The summed E-state index contributed by atoms with van der Waals surface area (Å²) < 4.78 is 51.4. The number of methoxy groups -OCH3 is 2. The number of amides is 1. The molecule has 1 aliphatic heterocycles. The van der Waals surface area contributed by atoms with Crippen LogP contribution in [0.1, 0.15) is 11.1 Å². The fourth-order valence-corrected chi connectivity index (χ4v) is 3.23. The molecule has 1 unspecified atom stereocenters. The van der Waals surface area contributed by atoms with E-state index in [1.54, 1.807) is 19.1 Å². The number of halogens is 3. The molecule has 0 aromatic heterocycles. The molecule has 6 nitrogen and oxygen atoms in total. The van der Waals surface area contributed by atoms with Crippen LogP contribution in [0.4, 0.5) is 18.9 Å². The maximum Gasteiger partial charge on any atom is 0.431 e. The van der Waals surface area contributed by atoms with E-state index < -0.39 is 34.9 Å². The smallest absolute Gasteiger partial charge is 0.431 e. The lowest BCUT2D eigenvalue weighted by atomic mass is 9.92. The van der Waals surface area contributed by atoms with Crippen LogP contribution in [-0.4, -0.2) is 43.0 Å². The molecule has 0 saturated heterocycles. The Morgan fingerprint density at radius 2 is 1.60 bits per heavy atom. The lowest BCUT2D eigenvalue weighted by Gasteiger charge is -2.27. The lowest BCUT2D eigenvalue weighted by molar-refractivity contribution is -0.236. The Hall–Kier alpha value is -3.33. The van der Waals surface area contributed by atoms with Crippen molar-refractivity contribution in [1.82, 2.24) is 0 Å². The fraction of sp³-hybridized carbons (Fsp3) is 0.238. The maximum atomic E-state index is 13.9. The zero-order chi connectivity index (χ0) is 22.3. The summed E-state index contributed by atoms with van der Waals surface area (Å²) in [5.74, 6) is -2.78. The van der Waals surface area contributed by atoms with Gasteiger partial charge < -0.3 is 14.6 Å². The SMILES string of the molecule is COC(=O)C1=C(c2ccc(C)cc2)N(c2ccc(OC)cc2)C(=O)C1(O)C(F)(F)F. The number of hydrogen-bond acceptors (Lipinski definition) is 5. The number of carbonyl (C=O) groups is 2. The van der Waals surface area contributed by atoms with Crippen molar-refractivity contribution in [2.75, 3.05) is 19.1 Å². The zero-order valence-electron chi connectivity index (χ0n) is 16.3. The number of aliphatic hydroxyl groups is 1. The van der Waals surface area contributed by atoms with Crippen molar-refractivity contribution >= 4 is 23.3 Å². The summed E-state index contributed by atoms with van der Waals surface area (Å²) in [4.78, 5) is 26.1. The first-order chi connectivity index (χ1) is 14.1. The molecule has 1 amide bonds. The molecule has 1 atom stereocenters. The average Bonchev–Trinajstić information content (AvgIpc) is 2.96. The summed E-state index contributed by atoms with van der Waals surface area (Å²) in [6.07, 6.45) is -5.47. The molecule has 2 aromatic rings. The van der Waals surface area contributed by atoms with Gasteiger partial charge in [-0.25, -0.2) is 4.79 Å². The zero-order valence-corrected chi connectivity index (χ0v) is 16.3. The summed E-state index contributed by atoms with van der Waals surface area (Å²) in [7, 11) is 2.28. The van der Waals surface area contributed by atoms with E-state index in [4.69, 9.17) is 4.74 Å². The van der Waals surface area contributed by atoms with Gasteiger partial charge in [0.05, 0.1) is 19.9 Å². The highest BCUT2D eigenvalue weighted by molar-refractivity contribution is 6.25. The van der Waals surface area contributed by atoms with Gasteiger partial charge in [0.2, 0.25) is 0 Å². The van der Waals surface area contributed by atoms with Crippen LogP contribution in [-0.2, 0) is 14.3 Å². The molecule has 1 aliphatic rings. The Bertz CT molecular complexity index is 1010. The van der Waals surface area contributed by atoms with Crippen molar-refractivity contribution in [1.29, 1.82) is 0 Å². The Labute approximate surface area is 170 Å². The molecule has 0 fully saturated rings. The molecule has 2 aromatic carbocycles. The third kappa shape index (κ3) is 3.21. The number of aryl methyl sites for hydroxylation is 1. The largest absolute Gasteiger partial charge is 0.497 e. The molecule has 158 valence electrons. The van der Waals surface area contributed by atoms with Gasteiger partial charge in [-0.2, -0.15) is 13.2 Å². The first-order valence-electron chi connectivity index (χ1n) is 8.74. The van der Waals surface area contributed by atoms with Gasteiger partial charge in [0.25, 0.3) is 11.5 Å². The highest BCUT2D eigenvalue weighted by Crippen LogP contribution is 2.49. The summed E-state index contributed by atoms with van der Waals surface area (Å²) in [6.45, 7) is 1.77. The Balaban J connectivity index is 2.36. The maximum absolute atomic E-state index is 13.9. The molecular formula is C21H18F3NO5. The van der Waals surface area contributed by atoms with Gasteiger partial charge in [-0.3, -0.25) is 9.69 Å². The average molecular weight is 421 g/mol. The summed E-state index contributed by atoms with van der Waals surface area (Å²) in [6, 6.07) is 11.7. The van der Waals surface area contributed by atoms with Crippen molar-refractivity contribution in [3.8, 4) is 5.75 Å². The van der Waals surface area contributed by atoms with Crippen LogP contribution >= 0.6 is 0 Å². The molecule has 1 heterocycles. The molecule has 0 saturated carbocycles. The van der Waals surface area contributed by atoms with Gasteiger partial charge >= 0.3 is 12.1 Å². The first-order valence-corrected chi connectivity index (χ1v) is 8.74. The third-order valence-corrected chi connectivity index (χ3v) is 4.79. The summed E-state index contributed by atoms with van der Waals surface area (Å²) >= 11 is 0. The second-order valence-electron chi connectivity index (χ2n) is 6.63. The summed E-state index contributed by atoms with van der Waals surface area (Å²) in [5.41, 5.74) is -4.71. The monoisotopic (exact) mass is 421 g/mol. The summed E-state index contributed by atoms with van der Waals surface area (Å²) in [5, 5.41) is 10.6. The molecule has 0 spiro atoms. The molecule has 1 N–H and O–H groups in total. The minimum Gasteiger partial charge on any atom is -0.497 e. The molecule has 0 radical (unpaired) electrons. The second kappa shape index (κ2) is 7.49. The standard InChI is InChI=1S/C21H18F3NO5/c1-12-4-6-13(7-5-12)17-16(18(26)30-3)20(28,21(22,23)24)19(27)25(17)14-8-10-15(29-2)11-9-14/h4-11,28H,1-3H3. The Kier molecular flexibility index (Phi) is 5.34. The van der Waals surface area contributed by atoms with Crippen LogP contribution in [0.5, 0.6) is 5.75 Å². The normalized spacial score (nSPS) is 19.3. The number of carbonyl (C=O) groups excluding carboxylic acids is 2. The van der Waals surface area contributed by atoms with Gasteiger partial charge in [0.1, 0.15) is 11.3 Å². The first kappa shape index (κ1) is 21.4. The number of benzene rings is 2. The minimum absolute atomic E-state index is 0.0120. The number of esters is 1. The Morgan fingerprint density at radius 3 is 2.07 bits per heavy atom. The lowest BCUT2D eigenvalue weighted by Crippen LogP contribution is -2.55. The number of anilines is 1. The van der Waals surface area contributed by atoms with Gasteiger partial charge in [0, 0.05) is 5.69 Å². The van der Waals surface area contributed by atoms with E-state index in [-0.39, 0.29) is 11.3 Å². The van der Waals surface area contributed by atoms with Crippen LogP contribution in [0, 0.1) is 6.92 Å². The van der Waals surface area contributed by atoms with Crippen LogP contribution in [0.15, 0.2) is 54.1 Å². The van der Waals surface area contributed by atoms with E-state index in [2.05, 4.69) is 4.74 Å². The van der Waals surface area contributed by atoms with Gasteiger partial charge in [0.15, 0.2) is 0 Å². The number of rotatable bonds is 4. The second-order valence-corrected chi connectivity index (χ2v) is 6.63. The van der Waals surface area contributed by atoms with Gasteiger partial charge in [-0.05, 0) is 36.8 Å². The topological polar surface area (TPSA) is 76.1 Å². The predicted octanol–water partition coefficient (Wildman–Crippen LogP) is 3.23. The van der Waals surface area contributed by atoms with Gasteiger partial charge in [-0.1, -0.05) is 29.8 Å². The molecule has 0 aliphatic carbocycles. The molecule has 9 heteroatoms. The van der Waals surface area contributed by atoms with Crippen LogP contribution in [0.25, 0.3) is 5.70 Å². The van der Waals surface area contributed by atoms with Crippen molar-refractivity contribution in [2.45, 2.75) is 18.7 Å². The third-order valence-electron chi connectivity index (χ3n) is 4.79. The minimum atomic E-state index is -5.47. The van der Waals surface area contributed by atoms with Crippen LogP contribution in [0.3, 0.4) is 0 Å². The van der Waals surface area contributed by atoms with Crippen molar-refractivity contribution < 1.29 is 37.3 Å². The van der Waals surface area contributed by atoms with E-state index in [0.29, 0.717) is 10.6 Å². The molecular weight excluding hydrogens is 403 g/mol. The van der Waals surface area contributed by atoms with E-state index in [0.717, 1.165) is 12.7 Å².